The largest absolute Gasteiger partial charge is 0.508 e. The number of phenolic OH excluding ortho intramolecular Hbond substituents is 1. The molecule has 0 bridgehead atoms. The van der Waals surface area contributed by atoms with Gasteiger partial charge in [-0.05, 0) is 24.6 Å². The first kappa shape index (κ1) is 14.3. The highest BCUT2D eigenvalue weighted by atomic mass is 16.5. The van der Waals surface area contributed by atoms with Crippen molar-refractivity contribution >= 4 is 5.97 Å². The van der Waals surface area contributed by atoms with E-state index in [4.69, 9.17) is 9.84 Å². The maximum Gasteiger partial charge on any atom is 0.320 e. The second-order valence-corrected chi connectivity index (χ2v) is 4.06. The van der Waals surface area contributed by atoms with Gasteiger partial charge in [0.1, 0.15) is 17.5 Å². The molecule has 0 aliphatic carbocycles. The predicted molar refractivity (Wildman–Crippen MR) is 67.8 cm³/mol. The first-order valence-electron chi connectivity index (χ1n) is 5.90. The number of ether oxygens (including phenoxy) is 1. The Balaban J connectivity index is 2.69. The highest BCUT2D eigenvalue weighted by Gasteiger charge is 2.16. The molecule has 0 saturated heterocycles. The normalized spacial score (nSPS) is 12.1. The first-order valence-corrected chi connectivity index (χ1v) is 5.90. The number of benzene rings is 1. The lowest BCUT2D eigenvalue weighted by Crippen LogP contribution is -2.36. The monoisotopic (exact) mass is 253 g/mol. The van der Waals surface area contributed by atoms with E-state index in [9.17, 15) is 9.90 Å². The molecule has 1 aromatic rings. The molecule has 1 aromatic carbocycles. The van der Waals surface area contributed by atoms with Gasteiger partial charge < -0.3 is 20.3 Å². The van der Waals surface area contributed by atoms with Crippen LogP contribution in [-0.2, 0) is 11.3 Å². The molecular formula is C13H19NO4. The van der Waals surface area contributed by atoms with Gasteiger partial charge in [-0.1, -0.05) is 13.3 Å². The number of hydrogen-bond donors (Lipinski definition) is 3. The fourth-order valence-electron chi connectivity index (χ4n) is 1.67. The maximum absolute atomic E-state index is 11.0. The van der Waals surface area contributed by atoms with Gasteiger partial charge in [-0.25, -0.2) is 0 Å². The van der Waals surface area contributed by atoms with Crippen molar-refractivity contribution in [2.75, 3.05) is 7.11 Å². The lowest BCUT2D eigenvalue weighted by molar-refractivity contribution is -0.139. The van der Waals surface area contributed by atoms with Crippen molar-refractivity contribution < 1.29 is 19.7 Å². The van der Waals surface area contributed by atoms with Crippen LogP contribution in [0.5, 0.6) is 11.5 Å². The van der Waals surface area contributed by atoms with Crippen LogP contribution in [0.2, 0.25) is 0 Å². The molecule has 3 N–H and O–H groups in total. The van der Waals surface area contributed by atoms with Crippen molar-refractivity contribution in [3.8, 4) is 11.5 Å². The number of carboxylic acids is 1. The number of aliphatic carboxylic acids is 1. The van der Waals surface area contributed by atoms with Gasteiger partial charge in [0.2, 0.25) is 0 Å². The maximum atomic E-state index is 11.0. The second kappa shape index (κ2) is 6.86. The van der Waals surface area contributed by atoms with Crippen LogP contribution in [-0.4, -0.2) is 29.3 Å². The van der Waals surface area contributed by atoms with Crippen molar-refractivity contribution in [3.05, 3.63) is 23.8 Å². The van der Waals surface area contributed by atoms with E-state index >= 15 is 0 Å². The molecule has 0 saturated carbocycles. The molecular weight excluding hydrogens is 234 g/mol. The van der Waals surface area contributed by atoms with Crippen LogP contribution in [0.1, 0.15) is 25.3 Å². The summed E-state index contributed by atoms with van der Waals surface area (Å²) in [6.45, 7) is 2.22. The average Bonchev–Trinajstić information content (AvgIpc) is 2.35. The van der Waals surface area contributed by atoms with E-state index in [0.717, 1.165) is 6.42 Å². The minimum absolute atomic E-state index is 0.129. The Kier molecular flexibility index (Phi) is 5.45. The fourth-order valence-corrected chi connectivity index (χ4v) is 1.67. The zero-order valence-electron chi connectivity index (χ0n) is 10.6. The Bertz CT molecular complexity index is 406. The molecule has 0 radical (unpaired) electrons. The summed E-state index contributed by atoms with van der Waals surface area (Å²) >= 11 is 0. The molecule has 0 aliphatic rings. The van der Waals surface area contributed by atoms with Crippen LogP contribution in [0.25, 0.3) is 0 Å². The topological polar surface area (TPSA) is 78.8 Å². The van der Waals surface area contributed by atoms with Crippen LogP contribution in [0.3, 0.4) is 0 Å². The molecule has 0 aliphatic heterocycles. The van der Waals surface area contributed by atoms with Crippen LogP contribution in [0.4, 0.5) is 0 Å². The Hall–Kier alpha value is -1.75. The fraction of sp³-hybridized carbons (Fsp3) is 0.462. The number of rotatable bonds is 7. The summed E-state index contributed by atoms with van der Waals surface area (Å²) in [7, 11) is 1.54. The van der Waals surface area contributed by atoms with Gasteiger partial charge in [0.15, 0.2) is 0 Å². The molecule has 0 heterocycles. The van der Waals surface area contributed by atoms with Gasteiger partial charge in [0.05, 0.1) is 7.11 Å². The number of nitrogens with one attached hydrogen (secondary N) is 1. The number of methoxy groups -OCH3 is 1. The lowest BCUT2D eigenvalue weighted by atomic mass is 10.1. The number of carboxylic acid groups (broad SMARTS) is 1. The van der Waals surface area contributed by atoms with Crippen molar-refractivity contribution in [2.45, 2.75) is 32.4 Å². The Morgan fingerprint density at radius 1 is 1.50 bits per heavy atom. The Labute approximate surface area is 106 Å². The Morgan fingerprint density at radius 3 is 2.78 bits per heavy atom. The summed E-state index contributed by atoms with van der Waals surface area (Å²) in [4.78, 5) is 11.0. The second-order valence-electron chi connectivity index (χ2n) is 4.06. The summed E-state index contributed by atoms with van der Waals surface area (Å²) in [5, 5.41) is 21.6. The number of carbonyl (C=O) groups is 1. The average molecular weight is 253 g/mol. The molecule has 1 unspecified atom stereocenters. The third-order valence-electron chi connectivity index (χ3n) is 2.70. The van der Waals surface area contributed by atoms with Gasteiger partial charge in [0.25, 0.3) is 0 Å². The Morgan fingerprint density at radius 2 is 2.22 bits per heavy atom. The van der Waals surface area contributed by atoms with E-state index in [2.05, 4.69) is 5.32 Å². The van der Waals surface area contributed by atoms with E-state index in [1.165, 1.54) is 6.07 Å². The van der Waals surface area contributed by atoms with Gasteiger partial charge in [-0.15, -0.1) is 0 Å². The third-order valence-corrected chi connectivity index (χ3v) is 2.70. The molecule has 0 aromatic heterocycles. The summed E-state index contributed by atoms with van der Waals surface area (Å²) in [6.07, 6.45) is 1.34. The first-order chi connectivity index (χ1) is 8.58. The SMILES string of the molecule is CCCC(NCc1cc(OC)ccc1O)C(=O)O. The number of phenols is 1. The van der Waals surface area contributed by atoms with Crippen LogP contribution in [0, 0.1) is 0 Å². The van der Waals surface area contributed by atoms with Gasteiger partial charge >= 0.3 is 5.97 Å². The van der Waals surface area contributed by atoms with E-state index in [1.54, 1.807) is 19.2 Å². The number of aromatic hydroxyl groups is 1. The van der Waals surface area contributed by atoms with Crippen molar-refractivity contribution in [2.24, 2.45) is 0 Å². The number of hydrogen-bond acceptors (Lipinski definition) is 4. The predicted octanol–water partition coefficient (Wildman–Crippen LogP) is 1.74. The standard InChI is InChI=1S/C13H19NO4/c1-3-4-11(13(16)17)14-8-9-7-10(18-2)5-6-12(9)15/h5-7,11,14-15H,3-4,8H2,1-2H3,(H,16,17). The zero-order valence-corrected chi connectivity index (χ0v) is 10.6. The van der Waals surface area contributed by atoms with Crippen molar-refractivity contribution in [1.29, 1.82) is 0 Å². The van der Waals surface area contributed by atoms with Crippen molar-refractivity contribution in [1.82, 2.24) is 5.32 Å². The molecule has 100 valence electrons. The molecule has 5 nitrogen and oxygen atoms in total. The third kappa shape index (κ3) is 3.92. The van der Waals surface area contributed by atoms with Gasteiger partial charge in [-0.3, -0.25) is 4.79 Å². The summed E-state index contributed by atoms with van der Waals surface area (Å²) in [5.41, 5.74) is 0.622. The van der Waals surface area contributed by atoms with E-state index in [0.29, 0.717) is 24.3 Å². The van der Waals surface area contributed by atoms with E-state index in [1.807, 2.05) is 6.92 Å². The summed E-state index contributed by atoms with van der Waals surface area (Å²) in [6, 6.07) is 4.28. The molecule has 0 spiro atoms. The van der Waals surface area contributed by atoms with Crippen LogP contribution in [0.15, 0.2) is 18.2 Å². The molecule has 18 heavy (non-hydrogen) atoms. The highest BCUT2D eigenvalue weighted by molar-refractivity contribution is 5.73. The van der Waals surface area contributed by atoms with Gasteiger partial charge in [0, 0.05) is 12.1 Å². The van der Waals surface area contributed by atoms with Crippen LogP contribution >= 0.6 is 0 Å². The van der Waals surface area contributed by atoms with E-state index < -0.39 is 12.0 Å². The molecule has 1 atom stereocenters. The minimum Gasteiger partial charge on any atom is -0.508 e. The summed E-state index contributed by atoms with van der Waals surface area (Å²) in [5.74, 6) is -0.116. The van der Waals surface area contributed by atoms with Crippen LogP contribution < -0.4 is 10.1 Å². The highest BCUT2D eigenvalue weighted by Crippen LogP contribution is 2.22. The minimum atomic E-state index is -0.876. The molecule has 1 rings (SSSR count). The van der Waals surface area contributed by atoms with Crippen molar-refractivity contribution in [3.63, 3.8) is 0 Å². The summed E-state index contributed by atoms with van der Waals surface area (Å²) < 4.78 is 5.06. The smallest absolute Gasteiger partial charge is 0.320 e. The quantitative estimate of drug-likeness (QED) is 0.690. The molecule has 0 fully saturated rings. The van der Waals surface area contributed by atoms with E-state index in [-0.39, 0.29) is 5.75 Å². The molecule has 5 heteroatoms. The molecule has 0 amide bonds. The van der Waals surface area contributed by atoms with Gasteiger partial charge in [-0.2, -0.15) is 0 Å². The lowest BCUT2D eigenvalue weighted by Gasteiger charge is -2.14. The zero-order chi connectivity index (χ0) is 13.5.